The van der Waals surface area contributed by atoms with Crippen molar-refractivity contribution in [2.75, 3.05) is 0 Å². The summed E-state index contributed by atoms with van der Waals surface area (Å²) in [5.74, 6) is 0. The fraction of sp³-hybridized carbons (Fsp3) is 0. The van der Waals surface area contributed by atoms with Crippen molar-refractivity contribution in [1.82, 2.24) is 4.57 Å². The van der Waals surface area contributed by atoms with Crippen LogP contribution in [0.4, 0.5) is 0 Å². The number of furan rings is 1. The Balaban J connectivity index is 0.896. The van der Waals surface area contributed by atoms with E-state index in [0.29, 0.717) is 0 Å². The van der Waals surface area contributed by atoms with Gasteiger partial charge in [-0.3, -0.25) is 0 Å². The lowest BCUT2D eigenvalue weighted by Gasteiger charge is -2.12. The van der Waals surface area contributed by atoms with E-state index in [-0.39, 0.29) is 0 Å². The Hall–Kier alpha value is -8.20. The monoisotopic (exact) mass is 789 g/mol. The molecule has 0 saturated heterocycles. The molecule has 290 valence electrons. The van der Waals surface area contributed by atoms with Gasteiger partial charge in [0, 0.05) is 27.2 Å². The van der Waals surface area contributed by atoms with Crippen molar-refractivity contribution in [1.29, 1.82) is 0 Å². The van der Waals surface area contributed by atoms with Crippen LogP contribution in [0.1, 0.15) is 0 Å². The highest BCUT2D eigenvalue weighted by atomic mass is 16.3. The van der Waals surface area contributed by atoms with Gasteiger partial charge in [0.25, 0.3) is 0 Å². The van der Waals surface area contributed by atoms with E-state index in [9.17, 15) is 0 Å². The molecule has 0 fully saturated rings. The standard InChI is InChI=1S/C60H39NO/c1-3-13-40(14-4-1)42-17-9-18-43(33-42)44-19-10-20-45(34-44)46-21-11-22-47(35-46)48-23-12-24-52(36-48)61-57-26-8-7-25-53(57)54-37-50(27-30-58(54)61)51-29-32-60-56(39-51)55-38-49(28-31-59(55)62-60)41-15-5-2-6-16-41/h1-39H. The van der Waals surface area contributed by atoms with Crippen LogP contribution in [0.15, 0.2) is 241 Å². The minimum absolute atomic E-state index is 0.899. The third-order valence-corrected chi connectivity index (χ3v) is 12.4. The zero-order valence-electron chi connectivity index (χ0n) is 33.9. The summed E-state index contributed by atoms with van der Waals surface area (Å²) in [4.78, 5) is 0. The molecule has 0 unspecified atom stereocenters. The second kappa shape index (κ2) is 14.8. The second-order valence-corrected chi connectivity index (χ2v) is 16.1. The highest BCUT2D eigenvalue weighted by molar-refractivity contribution is 6.11. The Labute approximate surface area is 360 Å². The Morgan fingerprint density at radius 3 is 1.15 bits per heavy atom. The number of rotatable bonds is 7. The Bertz CT molecular complexity index is 3630. The zero-order chi connectivity index (χ0) is 41.0. The molecule has 12 rings (SSSR count). The molecule has 0 N–H and O–H groups in total. The molecular weight excluding hydrogens is 751 g/mol. The van der Waals surface area contributed by atoms with Crippen LogP contribution < -0.4 is 0 Å². The summed E-state index contributed by atoms with van der Waals surface area (Å²) >= 11 is 0. The van der Waals surface area contributed by atoms with Crippen molar-refractivity contribution in [2.24, 2.45) is 0 Å². The topological polar surface area (TPSA) is 18.1 Å². The molecule has 0 aliphatic carbocycles. The minimum atomic E-state index is 0.899. The van der Waals surface area contributed by atoms with Crippen molar-refractivity contribution >= 4 is 43.7 Å². The molecular formula is C60H39NO. The van der Waals surface area contributed by atoms with Gasteiger partial charge in [0.15, 0.2) is 0 Å². The van der Waals surface area contributed by atoms with Gasteiger partial charge in [0.05, 0.1) is 11.0 Å². The third-order valence-electron chi connectivity index (χ3n) is 12.4. The van der Waals surface area contributed by atoms with E-state index >= 15 is 0 Å². The molecule has 0 aliphatic heterocycles. The van der Waals surface area contributed by atoms with E-state index in [1.807, 2.05) is 0 Å². The van der Waals surface area contributed by atoms with Crippen LogP contribution in [-0.2, 0) is 0 Å². The number of para-hydroxylation sites is 1. The third kappa shape index (κ3) is 6.29. The molecule has 2 heterocycles. The highest BCUT2D eigenvalue weighted by Gasteiger charge is 2.16. The quantitative estimate of drug-likeness (QED) is 0.157. The molecule has 0 amide bonds. The Morgan fingerprint density at radius 2 is 0.597 bits per heavy atom. The summed E-state index contributed by atoms with van der Waals surface area (Å²) in [6.07, 6.45) is 0. The number of benzene rings is 10. The van der Waals surface area contributed by atoms with Crippen LogP contribution >= 0.6 is 0 Å². The van der Waals surface area contributed by atoms with Crippen LogP contribution in [0.2, 0.25) is 0 Å². The molecule has 0 aliphatic rings. The first-order valence-electron chi connectivity index (χ1n) is 21.2. The average molecular weight is 790 g/mol. The second-order valence-electron chi connectivity index (χ2n) is 16.1. The van der Waals surface area contributed by atoms with Crippen molar-refractivity contribution < 1.29 is 4.42 Å². The number of aromatic nitrogens is 1. The van der Waals surface area contributed by atoms with Crippen molar-refractivity contribution in [3.8, 4) is 72.4 Å². The number of fused-ring (bicyclic) bond motifs is 6. The fourth-order valence-electron chi connectivity index (χ4n) is 9.29. The molecule has 0 spiro atoms. The van der Waals surface area contributed by atoms with Gasteiger partial charge in [-0.1, -0.05) is 164 Å². The van der Waals surface area contributed by atoms with Crippen LogP contribution in [0.5, 0.6) is 0 Å². The summed E-state index contributed by atoms with van der Waals surface area (Å²) < 4.78 is 8.73. The Kier molecular flexibility index (Phi) is 8.53. The van der Waals surface area contributed by atoms with Gasteiger partial charge >= 0.3 is 0 Å². The maximum atomic E-state index is 6.32. The fourth-order valence-corrected chi connectivity index (χ4v) is 9.29. The normalized spacial score (nSPS) is 11.5. The summed E-state index contributed by atoms with van der Waals surface area (Å²) in [7, 11) is 0. The van der Waals surface area contributed by atoms with Crippen molar-refractivity contribution in [3.63, 3.8) is 0 Å². The molecule has 12 aromatic rings. The molecule has 2 nitrogen and oxygen atoms in total. The number of hydrogen-bond donors (Lipinski definition) is 0. The lowest BCUT2D eigenvalue weighted by molar-refractivity contribution is 0.669. The predicted molar refractivity (Wildman–Crippen MR) is 261 cm³/mol. The maximum absolute atomic E-state index is 6.32. The Morgan fingerprint density at radius 1 is 0.226 bits per heavy atom. The van der Waals surface area contributed by atoms with Crippen LogP contribution in [0.25, 0.3) is 116 Å². The van der Waals surface area contributed by atoms with E-state index in [4.69, 9.17) is 4.42 Å². The molecule has 0 bridgehead atoms. The summed E-state index contributed by atoms with van der Waals surface area (Å²) in [5.41, 5.74) is 19.6. The van der Waals surface area contributed by atoms with Gasteiger partial charge in [0.1, 0.15) is 11.2 Å². The first-order chi connectivity index (χ1) is 30.7. The van der Waals surface area contributed by atoms with Gasteiger partial charge in [0.2, 0.25) is 0 Å². The first-order valence-corrected chi connectivity index (χ1v) is 21.2. The van der Waals surface area contributed by atoms with Gasteiger partial charge in [-0.15, -0.1) is 0 Å². The molecule has 2 heteroatoms. The molecule has 2 aromatic heterocycles. The van der Waals surface area contributed by atoms with E-state index < -0.39 is 0 Å². The zero-order valence-corrected chi connectivity index (χ0v) is 33.9. The van der Waals surface area contributed by atoms with E-state index in [0.717, 1.165) is 33.2 Å². The lowest BCUT2D eigenvalue weighted by Crippen LogP contribution is -1.94. The van der Waals surface area contributed by atoms with Crippen LogP contribution in [0, 0.1) is 0 Å². The number of hydrogen-bond acceptors (Lipinski definition) is 1. The molecule has 0 saturated carbocycles. The average Bonchev–Trinajstić information content (AvgIpc) is 3.89. The van der Waals surface area contributed by atoms with E-state index in [2.05, 4.69) is 241 Å². The molecule has 0 atom stereocenters. The van der Waals surface area contributed by atoms with Gasteiger partial charge < -0.3 is 8.98 Å². The van der Waals surface area contributed by atoms with Gasteiger partial charge in [-0.2, -0.15) is 0 Å². The van der Waals surface area contributed by atoms with Crippen LogP contribution in [0.3, 0.4) is 0 Å². The van der Waals surface area contributed by atoms with Gasteiger partial charge in [-0.25, -0.2) is 0 Å². The molecule has 62 heavy (non-hydrogen) atoms. The molecule has 0 radical (unpaired) electrons. The van der Waals surface area contributed by atoms with E-state index in [1.54, 1.807) is 0 Å². The van der Waals surface area contributed by atoms with Crippen LogP contribution in [-0.4, -0.2) is 4.57 Å². The van der Waals surface area contributed by atoms with Crippen molar-refractivity contribution in [2.45, 2.75) is 0 Å². The number of nitrogens with zero attached hydrogens (tertiary/aromatic N) is 1. The first kappa shape index (κ1) is 35.7. The summed E-state index contributed by atoms with van der Waals surface area (Å²) in [6.45, 7) is 0. The van der Waals surface area contributed by atoms with Crippen molar-refractivity contribution in [3.05, 3.63) is 237 Å². The largest absolute Gasteiger partial charge is 0.456 e. The summed E-state index contributed by atoms with van der Waals surface area (Å²) in [5, 5.41) is 4.71. The lowest BCUT2D eigenvalue weighted by atomic mass is 9.95. The SMILES string of the molecule is c1ccc(-c2cccc(-c3cccc(-c4cccc(-c5cccc(-n6c7ccccc7c7cc(-c8ccc9oc%10ccc(-c%11ccccc%11)cc%10c9c8)ccc76)c5)c4)c3)c2)cc1. The van der Waals surface area contributed by atoms with E-state index in [1.165, 1.54) is 83.0 Å². The smallest absolute Gasteiger partial charge is 0.135 e. The molecule has 10 aromatic carbocycles. The maximum Gasteiger partial charge on any atom is 0.135 e. The minimum Gasteiger partial charge on any atom is -0.456 e. The highest BCUT2D eigenvalue weighted by Crippen LogP contribution is 2.39. The summed E-state index contributed by atoms with van der Waals surface area (Å²) in [6, 6.07) is 85.4. The van der Waals surface area contributed by atoms with Gasteiger partial charge in [-0.05, 0) is 140 Å². The predicted octanol–water partition coefficient (Wildman–Crippen LogP) is 16.7.